The van der Waals surface area contributed by atoms with Crippen molar-refractivity contribution in [1.29, 1.82) is 0 Å². The van der Waals surface area contributed by atoms with Gasteiger partial charge in [-0.3, -0.25) is 0 Å². The van der Waals surface area contributed by atoms with Crippen LogP contribution in [0.5, 0.6) is 5.75 Å². The number of nitrogens with zero attached hydrogens (tertiary/aromatic N) is 1. The Labute approximate surface area is 141 Å². The second-order valence-corrected chi connectivity index (χ2v) is 5.96. The van der Waals surface area contributed by atoms with Crippen LogP contribution in [0.25, 0.3) is 10.9 Å². The van der Waals surface area contributed by atoms with E-state index < -0.39 is 0 Å². The van der Waals surface area contributed by atoms with E-state index in [1.165, 1.54) is 16.5 Å². The summed E-state index contributed by atoms with van der Waals surface area (Å²) in [5.74, 6) is 0.895. The molecule has 4 rings (SSSR count). The third-order valence-corrected chi connectivity index (χ3v) is 4.29. The topological polar surface area (TPSA) is 32.6 Å². The molecule has 0 atom stereocenters. The van der Waals surface area contributed by atoms with Crippen LogP contribution in [0, 0.1) is 0 Å². The Morgan fingerprint density at radius 3 is 2.67 bits per heavy atom. The maximum atomic E-state index is 5.90. The predicted octanol–water partition coefficient (Wildman–Crippen LogP) is 3.98. The molecular weight excluding hydrogens is 302 g/mol. The van der Waals surface area contributed by atoms with Crippen LogP contribution in [0.3, 0.4) is 0 Å². The molecule has 24 heavy (non-hydrogen) atoms. The number of ether oxygens (including phenoxy) is 3. The quantitative estimate of drug-likeness (QED) is 0.688. The first-order valence-electron chi connectivity index (χ1n) is 8.37. The van der Waals surface area contributed by atoms with E-state index in [-0.39, 0.29) is 6.29 Å². The Morgan fingerprint density at radius 1 is 1.00 bits per heavy atom. The van der Waals surface area contributed by atoms with E-state index in [0.29, 0.717) is 19.8 Å². The van der Waals surface area contributed by atoms with E-state index in [2.05, 4.69) is 41.1 Å². The zero-order valence-corrected chi connectivity index (χ0v) is 13.6. The van der Waals surface area contributed by atoms with Gasteiger partial charge in [-0.05, 0) is 29.8 Å². The fraction of sp³-hybridized carbons (Fsp3) is 0.300. The van der Waals surface area contributed by atoms with Crippen molar-refractivity contribution in [3.05, 3.63) is 66.4 Å². The van der Waals surface area contributed by atoms with Crippen molar-refractivity contribution in [2.45, 2.75) is 25.9 Å². The third-order valence-electron chi connectivity index (χ3n) is 4.29. The minimum absolute atomic E-state index is 0.0593. The Morgan fingerprint density at radius 2 is 1.83 bits per heavy atom. The van der Waals surface area contributed by atoms with Crippen molar-refractivity contribution in [1.82, 2.24) is 4.57 Å². The minimum Gasteiger partial charge on any atom is -0.489 e. The number of benzene rings is 2. The second kappa shape index (κ2) is 7.07. The molecule has 0 saturated carbocycles. The molecule has 2 aromatic carbocycles. The van der Waals surface area contributed by atoms with Crippen LogP contribution in [0.4, 0.5) is 0 Å². The lowest BCUT2D eigenvalue weighted by atomic mass is 10.2. The van der Waals surface area contributed by atoms with Crippen molar-refractivity contribution < 1.29 is 14.2 Å². The first-order chi connectivity index (χ1) is 11.9. The second-order valence-electron chi connectivity index (χ2n) is 5.96. The molecule has 0 radical (unpaired) electrons. The summed E-state index contributed by atoms with van der Waals surface area (Å²) in [4.78, 5) is 0. The van der Waals surface area contributed by atoms with Crippen molar-refractivity contribution in [2.24, 2.45) is 0 Å². The zero-order valence-electron chi connectivity index (χ0n) is 13.6. The molecule has 0 spiro atoms. The summed E-state index contributed by atoms with van der Waals surface area (Å²) >= 11 is 0. The molecule has 124 valence electrons. The molecule has 0 amide bonds. The Hall–Kier alpha value is -2.30. The summed E-state index contributed by atoms with van der Waals surface area (Å²) in [7, 11) is 0. The van der Waals surface area contributed by atoms with Crippen molar-refractivity contribution in [3.63, 3.8) is 0 Å². The van der Waals surface area contributed by atoms with Gasteiger partial charge in [-0.2, -0.15) is 0 Å². The van der Waals surface area contributed by atoms with Gasteiger partial charge in [-0.15, -0.1) is 0 Å². The van der Waals surface area contributed by atoms with Gasteiger partial charge in [0.05, 0.1) is 13.2 Å². The van der Waals surface area contributed by atoms with Crippen molar-refractivity contribution in [3.8, 4) is 5.75 Å². The number of hydrogen-bond acceptors (Lipinski definition) is 3. The lowest BCUT2D eigenvalue weighted by molar-refractivity contribution is -0.0488. The SMILES string of the molecule is c1ccc(COc2ccc3c(ccn3CCC3OCCO3)c2)cc1. The van der Waals surface area contributed by atoms with Crippen molar-refractivity contribution >= 4 is 10.9 Å². The molecule has 1 aliphatic heterocycles. The number of hydrogen-bond donors (Lipinski definition) is 0. The average Bonchev–Trinajstić information content (AvgIpc) is 3.28. The number of aryl methyl sites for hydroxylation is 1. The molecule has 4 nitrogen and oxygen atoms in total. The number of fused-ring (bicyclic) bond motifs is 1. The van der Waals surface area contributed by atoms with E-state index >= 15 is 0 Å². The predicted molar refractivity (Wildman–Crippen MR) is 93.0 cm³/mol. The van der Waals surface area contributed by atoms with Crippen molar-refractivity contribution in [2.75, 3.05) is 13.2 Å². The largest absolute Gasteiger partial charge is 0.489 e. The normalized spacial score (nSPS) is 15.2. The van der Waals surface area contributed by atoms with E-state index in [0.717, 1.165) is 18.7 Å². The summed E-state index contributed by atoms with van der Waals surface area (Å²) in [5.41, 5.74) is 2.38. The summed E-state index contributed by atoms with van der Waals surface area (Å²) in [6.45, 7) is 2.89. The van der Waals surface area contributed by atoms with Gasteiger partial charge in [0, 0.05) is 30.1 Å². The molecule has 0 unspecified atom stereocenters. The molecule has 1 aromatic heterocycles. The van der Waals surface area contributed by atoms with Gasteiger partial charge >= 0.3 is 0 Å². The van der Waals surface area contributed by atoms with Gasteiger partial charge in [0.2, 0.25) is 0 Å². The lowest BCUT2D eigenvalue weighted by Gasteiger charge is -2.11. The van der Waals surface area contributed by atoms with Gasteiger partial charge in [-0.1, -0.05) is 30.3 Å². The molecule has 0 N–H and O–H groups in total. The van der Waals surface area contributed by atoms with Gasteiger partial charge in [0.25, 0.3) is 0 Å². The Kier molecular flexibility index (Phi) is 4.49. The highest BCUT2D eigenvalue weighted by Gasteiger charge is 2.15. The van der Waals surface area contributed by atoms with E-state index in [4.69, 9.17) is 14.2 Å². The van der Waals surface area contributed by atoms with Gasteiger partial charge < -0.3 is 18.8 Å². The van der Waals surface area contributed by atoms with E-state index in [1.54, 1.807) is 0 Å². The van der Waals surface area contributed by atoms with Crippen LogP contribution in [0.15, 0.2) is 60.8 Å². The maximum absolute atomic E-state index is 5.90. The summed E-state index contributed by atoms with van der Waals surface area (Å²) in [5, 5.41) is 1.19. The maximum Gasteiger partial charge on any atom is 0.159 e. The summed E-state index contributed by atoms with van der Waals surface area (Å²) in [6, 6.07) is 18.6. The fourth-order valence-electron chi connectivity index (χ4n) is 3.02. The molecule has 2 heterocycles. The van der Waals surface area contributed by atoms with Crippen LogP contribution >= 0.6 is 0 Å². The van der Waals surface area contributed by atoms with Crippen LogP contribution in [-0.4, -0.2) is 24.1 Å². The standard InChI is InChI=1S/C20H21NO3/c1-2-4-16(5-3-1)15-24-18-6-7-19-17(14-18)8-10-21(19)11-9-20-22-12-13-23-20/h1-8,10,14,20H,9,11-13,15H2. The molecule has 0 aliphatic carbocycles. The van der Waals surface area contributed by atoms with Gasteiger partial charge in [0.15, 0.2) is 6.29 Å². The molecule has 0 bridgehead atoms. The van der Waals surface area contributed by atoms with E-state index in [1.807, 2.05) is 24.3 Å². The fourth-order valence-corrected chi connectivity index (χ4v) is 3.02. The van der Waals surface area contributed by atoms with E-state index in [9.17, 15) is 0 Å². The Bertz CT molecular complexity index is 791. The molecule has 1 fully saturated rings. The molecule has 4 heteroatoms. The molecule has 3 aromatic rings. The monoisotopic (exact) mass is 323 g/mol. The first-order valence-corrected chi connectivity index (χ1v) is 8.37. The lowest BCUT2D eigenvalue weighted by Crippen LogP contribution is -2.11. The highest BCUT2D eigenvalue weighted by Crippen LogP contribution is 2.23. The number of rotatable bonds is 6. The van der Waals surface area contributed by atoms with Crippen LogP contribution in [0.1, 0.15) is 12.0 Å². The highest BCUT2D eigenvalue weighted by atomic mass is 16.7. The van der Waals surface area contributed by atoms with Gasteiger partial charge in [0.1, 0.15) is 12.4 Å². The third kappa shape index (κ3) is 3.45. The average molecular weight is 323 g/mol. The zero-order chi connectivity index (χ0) is 16.2. The molecule has 1 saturated heterocycles. The molecular formula is C20H21NO3. The first kappa shape index (κ1) is 15.2. The summed E-state index contributed by atoms with van der Waals surface area (Å²) < 4.78 is 19.1. The van der Waals surface area contributed by atoms with Gasteiger partial charge in [-0.25, -0.2) is 0 Å². The molecule has 1 aliphatic rings. The van der Waals surface area contributed by atoms with Crippen LogP contribution in [0.2, 0.25) is 0 Å². The smallest absolute Gasteiger partial charge is 0.159 e. The highest BCUT2D eigenvalue weighted by molar-refractivity contribution is 5.81. The Balaban J connectivity index is 1.42. The van der Waals surface area contributed by atoms with Crippen LogP contribution < -0.4 is 4.74 Å². The summed E-state index contributed by atoms with van der Waals surface area (Å²) in [6.07, 6.45) is 2.92. The minimum atomic E-state index is -0.0593. The number of aromatic nitrogens is 1. The van der Waals surface area contributed by atoms with Crippen LogP contribution in [-0.2, 0) is 22.6 Å².